The predicted octanol–water partition coefficient (Wildman–Crippen LogP) is 0.745. The normalized spacial score (nSPS) is 26.3. The van der Waals surface area contributed by atoms with Gasteiger partial charge in [0.05, 0.1) is 0 Å². The second-order valence-corrected chi connectivity index (χ2v) is 3.48. The molecule has 0 aromatic carbocycles. The molecule has 1 aromatic rings. The molecule has 0 radical (unpaired) electrons. The molecule has 74 valence electrons. The van der Waals surface area contributed by atoms with E-state index in [1.165, 1.54) is 0 Å². The average molecular weight is 192 g/mol. The Hall–Kier alpha value is -1.42. The number of nitrogens with one attached hydrogen (secondary N) is 1. The Morgan fingerprint density at radius 3 is 3.00 bits per heavy atom. The lowest BCUT2D eigenvalue weighted by Gasteiger charge is -2.24. The molecule has 1 atom stereocenters. The number of rotatable bonds is 2. The summed E-state index contributed by atoms with van der Waals surface area (Å²) in [6.07, 6.45) is 4.79. The van der Waals surface area contributed by atoms with Gasteiger partial charge < -0.3 is 5.11 Å². The summed E-state index contributed by atoms with van der Waals surface area (Å²) >= 11 is 0. The minimum atomic E-state index is -0.908. The molecular formula is C10H12N2O2. The molecule has 1 fully saturated rings. The molecule has 2 N–H and O–H groups in total. The summed E-state index contributed by atoms with van der Waals surface area (Å²) in [6.45, 7) is 0.751. The molecule has 14 heavy (non-hydrogen) atoms. The number of carboxylic acids is 1. The van der Waals surface area contributed by atoms with Gasteiger partial charge in [-0.3, -0.25) is 10.3 Å². The third-order valence-electron chi connectivity index (χ3n) is 2.67. The van der Waals surface area contributed by atoms with Gasteiger partial charge in [-0.05, 0) is 25.5 Å². The summed E-state index contributed by atoms with van der Waals surface area (Å²) in [5.74, 6) is -0.817. The van der Waals surface area contributed by atoms with Gasteiger partial charge in [-0.15, -0.1) is 0 Å². The first-order valence-corrected chi connectivity index (χ1v) is 4.65. The highest BCUT2D eigenvalue weighted by molar-refractivity contribution is 5.81. The van der Waals surface area contributed by atoms with Crippen molar-refractivity contribution >= 4 is 5.97 Å². The molecule has 4 nitrogen and oxygen atoms in total. The van der Waals surface area contributed by atoms with Crippen LogP contribution in [-0.4, -0.2) is 22.6 Å². The van der Waals surface area contributed by atoms with E-state index >= 15 is 0 Å². The highest BCUT2D eigenvalue weighted by atomic mass is 16.4. The van der Waals surface area contributed by atoms with Crippen molar-refractivity contribution in [2.24, 2.45) is 0 Å². The lowest BCUT2D eigenvalue weighted by Crippen LogP contribution is -2.44. The van der Waals surface area contributed by atoms with Crippen LogP contribution in [0.3, 0.4) is 0 Å². The molecule has 0 unspecified atom stereocenters. The van der Waals surface area contributed by atoms with E-state index in [2.05, 4.69) is 10.3 Å². The molecule has 2 rings (SSSR count). The van der Waals surface area contributed by atoms with Crippen LogP contribution in [0.15, 0.2) is 24.5 Å². The topological polar surface area (TPSA) is 62.2 Å². The van der Waals surface area contributed by atoms with Crippen LogP contribution in [0.1, 0.15) is 18.4 Å². The van der Waals surface area contributed by atoms with Crippen LogP contribution in [0.25, 0.3) is 0 Å². The maximum Gasteiger partial charge on any atom is 0.328 e. The molecule has 0 bridgehead atoms. The smallest absolute Gasteiger partial charge is 0.328 e. The second-order valence-electron chi connectivity index (χ2n) is 3.48. The Kier molecular flexibility index (Phi) is 2.21. The fourth-order valence-corrected chi connectivity index (χ4v) is 1.91. The lowest BCUT2D eigenvalue weighted by molar-refractivity contribution is -0.144. The first-order valence-electron chi connectivity index (χ1n) is 4.65. The van der Waals surface area contributed by atoms with Gasteiger partial charge in [0.2, 0.25) is 0 Å². The van der Waals surface area contributed by atoms with E-state index in [1.54, 1.807) is 24.5 Å². The third kappa shape index (κ3) is 1.28. The van der Waals surface area contributed by atoms with Crippen molar-refractivity contribution in [2.45, 2.75) is 18.4 Å². The van der Waals surface area contributed by atoms with Gasteiger partial charge in [0.25, 0.3) is 0 Å². The maximum atomic E-state index is 11.2. The van der Waals surface area contributed by atoms with Gasteiger partial charge in [0, 0.05) is 18.0 Å². The van der Waals surface area contributed by atoms with E-state index in [4.69, 9.17) is 0 Å². The molecule has 1 aromatic heterocycles. The van der Waals surface area contributed by atoms with E-state index in [0.717, 1.165) is 18.5 Å². The lowest BCUT2D eigenvalue weighted by atomic mass is 9.90. The van der Waals surface area contributed by atoms with Crippen LogP contribution in [0, 0.1) is 0 Å². The van der Waals surface area contributed by atoms with Crippen LogP contribution in [0.5, 0.6) is 0 Å². The summed E-state index contributed by atoms with van der Waals surface area (Å²) < 4.78 is 0. The summed E-state index contributed by atoms with van der Waals surface area (Å²) in [6, 6.07) is 3.57. The van der Waals surface area contributed by atoms with Gasteiger partial charge in [-0.1, -0.05) is 6.07 Å². The molecule has 0 saturated carbocycles. The van der Waals surface area contributed by atoms with E-state index < -0.39 is 11.5 Å². The van der Waals surface area contributed by atoms with Gasteiger partial charge in [-0.2, -0.15) is 0 Å². The molecule has 1 aliphatic heterocycles. The zero-order chi connectivity index (χ0) is 10.0. The fourth-order valence-electron chi connectivity index (χ4n) is 1.91. The van der Waals surface area contributed by atoms with Crippen LogP contribution in [0.2, 0.25) is 0 Å². The minimum absolute atomic E-state index is 0.633. The van der Waals surface area contributed by atoms with Crippen LogP contribution in [-0.2, 0) is 10.3 Å². The standard InChI is InChI=1S/C10H12N2O2/c13-9(14)10(4-2-6-12-10)8-3-1-5-11-7-8/h1,3,5,7,12H,2,4,6H2,(H,13,14)/t10-/m1/s1. The zero-order valence-corrected chi connectivity index (χ0v) is 7.73. The SMILES string of the molecule is O=C(O)[C@]1(c2cccnc2)CCCN1. The van der Waals surface area contributed by atoms with Crippen LogP contribution in [0.4, 0.5) is 0 Å². The summed E-state index contributed by atoms with van der Waals surface area (Å²) in [5.41, 5.74) is -0.168. The highest BCUT2D eigenvalue weighted by Crippen LogP contribution is 2.30. The number of nitrogens with zero attached hydrogens (tertiary/aromatic N) is 1. The first kappa shape index (κ1) is 9.15. The van der Waals surface area contributed by atoms with Gasteiger partial charge in [0.15, 0.2) is 0 Å². The van der Waals surface area contributed by atoms with Crippen molar-refractivity contribution in [1.29, 1.82) is 0 Å². The third-order valence-corrected chi connectivity index (χ3v) is 2.67. The van der Waals surface area contributed by atoms with Crippen LogP contribution >= 0.6 is 0 Å². The first-order chi connectivity index (χ1) is 6.76. The maximum absolute atomic E-state index is 11.2. The Balaban J connectivity index is 2.42. The second kappa shape index (κ2) is 3.38. The van der Waals surface area contributed by atoms with Gasteiger partial charge >= 0.3 is 5.97 Å². The molecule has 2 heterocycles. The number of carbonyl (C=O) groups is 1. The van der Waals surface area contributed by atoms with Crippen molar-refractivity contribution < 1.29 is 9.90 Å². The van der Waals surface area contributed by atoms with E-state index in [1.807, 2.05) is 0 Å². The van der Waals surface area contributed by atoms with Crippen molar-refractivity contribution in [3.8, 4) is 0 Å². The van der Waals surface area contributed by atoms with E-state index in [9.17, 15) is 9.90 Å². The number of carboxylic acid groups (broad SMARTS) is 1. The molecular weight excluding hydrogens is 180 g/mol. The molecule has 1 saturated heterocycles. The summed E-state index contributed by atoms with van der Waals surface area (Å²) in [7, 11) is 0. The van der Waals surface area contributed by atoms with Gasteiger partial charge in [0.1, 0.15) is 5.54 Å². The van der Waals surface area contributed by atoms with Crippen molar-refractivity contribution in [3.63, 3.8) is 0 Å². The Morgan fingerprint density at radius 2 is 2.50 bits per heavy atom. The van der Waals surface area contributed by atoms with E-state index in [0.29, 0.717) is 6.42 Å². The average Bonchev–Trinajstić information content (AvgIpc) is 2.69. The number of pyridine rings is 1. The monoisotopic (exact) mass is 192 g/mol. The van der Waals surface area contributed by atoms with Crippen molar-refractivity contribution in [1.82, 2.24) is 10.3 Å². The Labute approximate surface area is 82.0 Å². The predicted molar refractivity (Wildman–Crippen MR) is 50.8 cm³/mol. The molecule has 0 spiro atoms. The molecule has 0 aliphatic carbocycles. The Morgan fingerprint density at radius 1 is 1.64 bits per heavy atom. The summed E-state index contributed by atoms with van der Waals surface area (Å²) in [4.78, 5) is 15.2. The molecule has 0 amide bonds. The number of hydrogen-bond acceptors (Lipinski definition) is 3. The number of hydrogen-bond donors (Lipinski definition) is 2. The van der Waals surface area contributed by atoms with Gasteiger partial charge in [-0.25, -0.2) is 4.79 Å². The van der Waals surface area contributed by atoms with Crippen molar-refractivity contribution in [3.05, 3.63) is 30.1 Å². The largest absolute Gasteiger partial charge is 0.480 e. The summed E-state index contributed by atoms with van der Waals surface area (Å²) in [5, 5.41) is 12.3. The van der Waals surface area contributed by atoms with Crippen molar-refractivity contribution in [2.75, 3.05) is 6.54 Å². The number of aromatic nitrogens is 1. The quantitative estimate of drug-likeness (QED) is 0.725. The fraction of sp³-hybridized carbons (Fsp3) is 0.400. The zero-order valence-electron chi connectivity index (χ0n) is 7.73. The number of aliphatic carboxylic acids is 1. The van der Waals surface area contributed by atoms with E-state index in [-0.39, 0.29) is 0 Å². The Bertz CT molecular complexity index is 331. The van der Waals surface area contributed by atoms with Crippen LogP contribution < -0.4 is 5.32 Å². The molecule has 4 heteroatoms. The minimum Gasteiger partial charge on any atom is -0.480 e. The molecule has 1 aliphatic rings. The highest BCUT2D eigenvalue weighted by Gasteiger charge is 2.42.